The molecule has 0 bridgehead atoms. The van der Waals surface area contributed by atoms with Crippen LogP contribution in [-0.4, -0.2) is 25.9 Å². The first-order valence-electron chi connectivity index (χ1n) is 11.1. The monoisotopic (exact) mass is 481 g/mol. The molecule has 4 rings (SSSR count). The Morgan fingerprint density at radius 1 is 0.912 bits per heavy atom. The Balaban J connectivity index is 1.46. The van der Waals surface area contributed by atoms with Gasteiger partial charge in [-0.3, -0.25) is 4.72 Å². The molecule has 2 N–H and O–H groups in total. The highest BCUT2D eigenvalue weighted by molar-refractivity contribution is 7.92. The molecule has 6 nitrogen and oxygen atoms in total. The summed E-state index contributed by atoms with van der Waals surface area (Å²) in [5, 5.41) is 2.93. The van der Waals surface area contributed by atoms with E-state index in [9.17, 15) is 17.6 Å². The second kappa shape index (κ2) is 9.10. The Hall–Kier alpha value is -3.39. The minimum Gasteiger partial charge on any atom is -0.320 e. The largest absolute Gasteiger partial charge is 0.322 e. The van der Waals surface area contributed by atoms with E-state index in [0.29, 0.717) is 25.2 Å². The van der Waals surface area contributed by atoms with Crippen LogP contribution in [0, 0.1) is 5.82 Å². The molecule has 0 spiro atoms. The minimum absolute atomic E-state index is 0.0305. The Bertz CT molecular complexity index is 1300. The normalized spacial score (nSPS) is 13.8. The number of carbonyl (C=O) groups excluding carboxylic acids is 1. The Morgan fingerprint density at radius 3 is 2.21 bits per heavy atom. The molecule has 0 fully saturated rings. The fraction of sp³-hybridized carbons (Fsp3) is 0.269. The maximum atomic E-state index is 13.1. The van der Waals surface area contributed by atoms with Crippen molar-refractivity contribution < 1.29 is 17.6 Å². The van der Waals surface area contributed by atoms with Crippen LogP contribution in [0.1, 0.15) is 37.5 Å². The van der Waals surface area contributed by atoms with E-state index in [-0.39, 0.29) is 22.0 Å². The third kappa shape index (κ3) is 5.39. The number of fused-ring (bicyclic) bond motifs is 1. The number of urea groups is 1. The molecule has 0 radical (unpaired) electrons. The lowest BCUT2D eigenvalue weighted by Gasteiger charge is -2.29. The fourth-order valence-electron chi connectivity index (χ4n) is 3.86. The lowest BCUT2D eigenvalue weighted by Crippen LogP contribution is -2.39. The van der Waals surface area contributed by atoms with Crippen molar-refractivity contribution in [3.8, 4) is 0 Å². The first kappa shape index (κ1) is 23.8. The quantitative estimate of drug-likeness (QED) is 0.515. The van der Waals surface area contributed by atoms with Crippen LogP contribution in [0.15, 0.2) is 71.6 Å². The fourth-order valence-corrected chi connectivity index (χ4v) is 4.97. The van der Waals surface area contributed by atoms with Crippen LogP contribution in [0.4, 0.5) is 20.6 Å². The van der Waals surface area contributed by atoms with E-state index in [0.717, 1.165) is 11.1 Å². The summed E-state index contributed by atoms with van der Waals surface area (Å²) in [6.07, 6.45) is 0.636. The number of benzene rings is 3. The number of sulfonamides is 1. The Kier molecular flexibility index (Phi) is 6.36. The third-order valence-corrected chi connectivity index (χ3v) is 7.27. The summed E-state index contributed by atoms with van der Waals surface area (Å²) in [4.78, 5) is 14.6. The molecule has 3 aromatic carbocycles. The van der Waals surface area contributed by atoms with E-state index in [1.165, 1.54) is 29.8 Å². The van der Waals surface area contributed by atoms with E-state index >= 15 is 0 Å². The van der Waals surface area contributed by atoms with Crippen molar-refractivity contribution >= 4 is 27.4 Å². The molecule has 178 valence electrons. The molecule has 1 aliphatic heterocycles. The molecule has 3 aromatic rings. The van der Waals surface area contributed by atoms with Gasteiger partial charge in [-0.2, -0.15) is 0 Å². The van der Waals surface area contributed by atoms with Crippen LogP contribution >= 0.6 is 0 Å². The molecule has 0 atom stereocenters. The van der Waals surface area contributed by atoms with Gasteiger partial charge in [-0.15, -0.1) is 0 Å². The zero-order valence-corrected chi connectivity index (χ0v) is 20.2. The van der Waals surface area contributed by atoms with E-state index < -0.39 is 15.8 Å². The minimum atomic E-state index is -3.85. The zero-order chi connectivity index (χ0) is 24.5. The molecule has 0 saturated heterocycles. The number of amides is 2. The van der Waals surface area contributed by atoms with Crippen LogP contribution in [0.2, 0.25) is 0 Å². The SMILES string of the molecule is CC(C)(C)c1ccc(NC(=O)N2CCc3ccc(S(=O)(=O)Nc4ccc(F)cc4)cc3C2)cc1. The standard InChI is InChI=1S/C26H28FN3O3S/c1-26(2,3)20-5-9-22(10-6-20)28-25(31)30-15-14-18-4-13-24(16-19(18)17-30)34(32,33)29-23-11-7-21(27)8-12-23/h4-13,16,29H,14-15,17H2,1-3H3,(H,28,31). The van der Waals surface area contributed by atoms with E-state index in [2.05, 4.69) is 30.8 Å². The number of hydrogen-bond acceptors (Lipinski definition) is 3. The average molecular weight is 482 g/mol. The third-order valence-electron chi connectivity index (χ3n) is 5.89. The summed E-state index contributed by atoms with van der Waals surface area (Å²) in [7, 11) is -3.85. The van der Waals surface area contributed by atoms with Gasteiger partial charge in [0.1, 0.15) is 5.82 Å². The molecule has 0 saturated carbocycles. The van der Waals surface area contributed by atoms with Gasteiger partial charge in [0, 0.05) is 24.5 Å². The maximum Gasteiger partial charge on any atom is 0.322 e. The first-order valence-corrected chi connectivity index (χ1v) is 12.6. The highest BCUT2D eigenvalue weighted by Crippen LogP contribution is 2.26. The predicted molar refractivity (Wildman–Crippen MR) is 132 cm³/mol. The van der Waals surface area contributed by atoms with Crippen LogP contribution in [-0.2, 0) is 28.4 Å². The smallest absolute Gasteiger partial charge is 0.320 e. The van der Waals surface area contributed by atoms with Crippen molar-refractivity contribution in [2.45, 2.75) is 44.0 Å². The van der Waals surface area contributed by atoms with Gasteiger partial charge in [-0.1, -0.05) is 39.0 Å². The summed E-state index contributed by atoms with van der Waals surface area (Å²) in [5.41, 5.74) is 4.00. The molecule has 8 heteroatoms. The number of nitrogens with one attached hydrogen (secondary N) is 2. The van der Waals surface area contributed by atoms with E-state index in [1.54, 1.807) is 23.1 Å². The van der Waals surface area contributed by atoms with Crippen LogP contribution in [0.25, 0.3) is 0 Å². The summed E-state index contributed by atoms with van der Waals surface area (Å²) >= 11 is 0. The zero-order valence-electron chi connectivity index (χ0n) is 19.4. The molecule has 1 heterocycles. The number of rotatable bonds is 4. The van der Waals surface area contributed by atoms with Gasteiger partial charge >= 0.3 is 6.03 Å². The average Bonchev–Trinajstić information content (AvgIpc) is 2.79. The second-order valence-corrected chi connectivity index (χ2v) is 11.2. The summed E-state index contributed by atoms with van der Waals surface area (Å²) in [5.74, 6) is -0.444. The van der Waals surface area contributed by atoms with Crippen LogP contribution in [0.3, 0.4) is 0 Å². The highest BCUT2D eigenvalue weighted by atomic mass is 32.2. The van der Waals surface area contributed by atoms with E-state index in [4.69, 9.17) is 0 Å². The molecule has 2 amide bonds. The van der Waals surface area contributed by atoms with Gasteiger partial charge < -0.3 is 10.2 Å². The highest BCUT2D eigenvalue weighted by Gasteiger charge is 2.24. The maximum absolute atomic E-state index is 13.1. The van der Waals surface area contributed by atoms with Gasteiger partial charge in [-0.05, 0) is 77.1 Å². The predicted octanol–water partition coefficient (Wildman–Crippen LogP) is 5.51. The van der Waals surface area contributed by atoms with Gasteiger partial charge in [-0.25, -0.2) is 17.6 Å². The summed E-state index contributed by atoms with van der Waals surface area (Å²) in [6, 6.07) is 17.6. The number of anilines is 2. The van der Waals surface area contributed by atoms with Crippen LogP contribution < -0.4 is 10.0 Å². The van der Waals surface area contributed by atoms with E-state index in [1.807, 2.05) is 24.3 Å². The van der Waals surface area contributed by atoms with Gasteiger partial charge in [0.15, 0.2) is 0 Å². The molecule has 0 unspecified atom stereocenters. The van der Waals surface area contributed by atoms with Crippen molar-refractivity contribution in [1.29, 1.82) is 0 Å². The molecular formula is C26H28FN3O3S. The number of hydrogen-bond donors (Lipinski definition) is 2. The number of halogens is 1. The van der Waals surface area contributed by atoms with Gasteiger partial charge in [0.05, 0.1) is 4.90 Å². The Labute approximate surface area is 199 Å². The molecule has 1 aliphatic rings. The van der Waals surface area contributed by atoms with Crippen molar-refractivity contribution in [2.75, 3.05) is 16.6 Å². The molecule has 0 aliphatic carbocycles. The van der Waals surface area contributed by atoms with Gasteiger partial charge in [0.2, 0.25) is 0 Å². The topological polar surface area (TPSA) is 78.5 Å². The number of nitrogens with zero attached hydrogens (tertiary/aromatic N) is 1. The lowest BCUT2D eigenvalue weighted by molar-refractivity contribution is 0.206. The second-order valence-electron chi connectivity index (χ2n) is 9.47. The molecule has 34 heavy (non-hydrogen) atoms. The van der Waals surface area contributed by atoms with Gasteiger partial charge in [0.25, 0.3) is 10.0 Å². The van der Waals surface area contributed by atoms with Crippen molar-refractivity contribution in [3.63, 3.8) is 0 Å². The van der Waals surface area contributed by atoms with Crippen molar-refractivity contribution in [3.05, 3.63) is 89.2 Å². The summed E-state index contributed by atoms with van der Waals surface area (Å²) < 4.78 is 41.2. The Morgan fingerprint density at radius 2 is 1.56 bits per heavy atom. The van der Waals surface area contributed by atoms with Crippen molar-refractivity contribution in [2.24, 2.45) is 0 Å². The number of carbonyl (C=O) groups is 1. The first-order chi connectivity index (χ1) is 16.0. The van der Waals surface area contributed by atoms with Crippen LogP contribution in [0.5, 0.6) is 0 Å². The molecular weight excluding hydrogens is 453 g/mol. The summed E-state index contributed by atoms with van der Waals surface area (Å²) in [6.45, 7) is 7.25. The van der Waals surface area contributed by atoms with Crippen molar-refractivity contribution in [1.82, 2.24) is 4.90 Å². The lowest BCUT2D eigenvalue weighted by atomic mass is 9.87. The molecule has 0 aromatic heterocycles.